The number of rotatable bonds is 6. The van der Waals surface area contributed by atoms with Gasteiger partial charge in [0.1, 0.15) is 11.9 Å². The number of carbonyl (C=O) groups excluding carboxylic acids is 1. The number of esters is 1. The Bertz CT molecular complexity index is 457. The molecule has 1 aromatic rings. The van der Waals surface area contributed by atoms with Crippen molar-refractivity contribution in [1.29, 1.82) is 0 Å². The number of ether oxygens (including phenoxy) is 2. The zero-order valence-electron chi connectivity index (χ0n) is 11.7. The Kier molecular flexibility index (Phi) is 5.86. The van der Waals surface area contributed by atoms with Crippen LogP contribution in [-0.2, 0) is 9.53 Å². The molecule has 3 heteroatoms. The molecule has 0 heterocycles. The van der Waals surface area contributed by atoms with Crippen LogP contribution in [0.4, 0.5) is 0 Å². The van der Waals surface area contributed by atoms with E-state index in [0.717, 1.165) is 17.7 Å². The minimum atomic E-state index is -0.355. The molecule has 0 aromatic heterocycles. The summed E-state index contributed by atoms with van der Waals surface area (Å²) >= 11 is 0. The van der Waals surface area contributed by atoms with E-state index in [-0.39, 0.29) is 12.1 Å². The maximum absolute atomic E-state index is 11.4. The first-order valence-electron chi connectivity index (χ1n) is 6.25. The molecular weight excluding hydrogens is 240 g/mol. The molecule has 0 saturated heterocycles. The van der Waals surface area contributed by atoms with Gasteiger partial charge in [-0.25, -0.2) is 4.79 Å². The maximum atomic E-state index is 11.4. The Morgan fingerprint density at radius 1 is 1.37 bits per heavy atom. The van der Waals surface area contributed by atoms with Crippen molar-refractivity contribution in [3.63, 3.8) is 0 Å². The van der Waals surface area contributed by atoms with Crippen LogP contribution in [0, 0.1) is 0 Å². The van der Waals surface area contributed by atoms with Crippen LogP contribution in [-0.4, -0.2) is 19.2 Å². The fraction of sp³-hybridized carbons (Fsp3) is 0.312. The van der Waals surface area contributed by atoms with Crippen molar-refractivity contribution in [2.45, 2.75) is 26.4 Å². The largest absolute Gasteiger partial charge is 0.497 e. The summed E-state index contributed by atoms with van der Waals surface area (Å²) in [5, 5.41) is 0. The third-order valence-corrected chi connectivity index (χ3v) is 2.63. The lowest BCUT2D eigenvalue weighted by atomic mass is 10.1. The van der Waals surface area contributed by atoms with Crippen molar-refractivity contribution in [1.82, 2.24) is 0 Å². The van der Waals surface area contributed by atoms with Gasteiger partial charge < -0.3 is 9.47 Å². The first-order chi connectivity index (χ1) is 9.06. The van der Waals surface area contributed by atoms with Crippen molar-refractivity contribution in [3.05, 3.63) is 48.1 Å². The van der Waals surface area contributed by atoms with E-state index in [0.29, 0.717) is 5.57 Å². The molecule has 0 amide bonds. The fourth-order valence-corrected chi connectivity index (χ4v) is 1.43. The second-order valence-corrected chi connectivity index (χ2v) is 4.26. The summed E-state index contributed by atoms with van der Waals surface area (Å²) < 4.78 is 10.4. The third kappa shape index (κ3) is 5.00. The van der Waals surface area contributed by atoms with Gasteiger partial charge >= 0.3 is 5.97 Å². The van der Waals surface area contributed by atoms with Gasteiger partial charge in [0.25, 0.3) is 0 Å². The molecule has 0 saturated carbocycles. The van der Waals surface area contributed by atoms with E-state index in [1.54, 1.807) is 14.0 Å². The molecule has 0 aliphatic rings. The zero-order chi connectivity index (χ0) is 14.3. The molecule has 0 fully saturated rings. The van der Waals surface area contributed by atoms with Gasteiger partial charge in [0.15, 0.2) is 0 Å². The average molecular weight is 260 g/mol. The summed E-state index contributed by atoms with van der Waals surface area (Å²) in [5.74, 6) is 0.462. The van der Waals surface area contributed by atoms with E-state index in [9.17, 15) is 4.79 Å². The summed E-state index contributed by atoms with van der Waals surface area (Å²) in [6, 6.07) is 7.67. The second-order valence-electron chi connectivity index (χ2n) is 4.26. The summed E-state index contributed by atoms with van der Waals surface area (Å²) in [6.07, 6.45) is 4.31. The van der Waals surface area contributed by atoms with Gasteiger partial charge in [-0.3, -0.25) is 0 Å². The first kappa shape index (κ1) is 15.0. The third-order valence-electron chi connectivity index (χ3n) is 2.63. The highest BCUT2D eigenvalue weighted by Gasteiger charge is 2.09. The molecule has 1 rings (SSSR count). The van der Waals surface area contributed by atoms with E-state index in [1.807, 2.05) is 43.3 Å². The van der Waals surface area contributed by atoms with Gasteiger partial charge in [0.2, 0.25) is 0 Å². The Labute approximate surface area is 114 Å². The summed E-state index contributed by atoms with van der Waals surface area (Å²) in [6.45, 7) is 7.18. The highest BCUT2D eigenvalue weighted by Crippen LogP contribution is 2.13. The van der Waals surface area contributed by atoms with Crippen molar-refractivity contribution >= 4 is 12.0 Å². The molecule has 0 bridgehead atoms. The van der Waals surface area contributed by atoms with Gasteiger partial charge in [0.05, 0.1) is 7.11 Å². The minimum absolute atomic E-state index is 0.230. The van der Waals surface area contributed by atoms with Crippen LogP contribution in [0.1, 0.15) is 25.8 Å². The Balaban J connectivity index is 2.65. The van der Waals surface area contributed by atoms with Crippen LogP contribution >= 0.6 is 0 Å². The lowest BCUT2D eigenvalue weighted by Crippen LogP contribution is -2.15. The van der Waals surface area contributed by atoms with Crippen molar-refractivity contribution in [2.75, 3.05) is 7.11 Å². The lowest BCUT2D eigenvalue weighted by Gasteiger charge is -2.12. The van der Waals surface area contributed by atoms with Crippen LogP contribution < -0.4 is 4.74 Å². The number of methoxy groups -OCH3 is 1. The lowest BCUT2D eigenvalue weighted by molar-refractivity contribution is -0.142. The standard InChI is InChI=1S/C16H20O3/c1-5-14(19-16(17)12(2)3)9-6-13-7-10-15(18-4)11-8-13/h6-11,14H,2,5H2,1,3-4H3/b9-6+. The maximum Gasteiger partial charge on any atom is 0.333 e. The molecular formula is C16H20O3. The molecule has 102 valence electrons. The Morgan fingerprint density at radius 2 is 2.00 bits per heavy atom. The first-order valence-corrected chi connectivity index (χ1v) is 6.25. The minimum Gasteiger partial charge on any atom is -0.497 e. The van der Waals surface area contributed by atoms with Gasteiger partial charge in [-0.2, -0.15) is 0 Å². The summed E-state index contributed by atoms with van der Waals surface area (Å²) in [7, 11) is 1.63. The Hall–Kier alpha value is -2.03. The normalized spacial score (nSPS) is 12.2. The van der Waals surface area contributed by atoms with Crippen LogP contribution in [0.25, 0.3) is 6.08 Å². The van der Waals surface area contributed by atoms with Crippen LogP contribution in [0.5, 0.6) is 5.75 Å². The van der Waals surface area contributed by atoms with E-state index in [4.69, 9.17) is 9.47 Å². The molecule has 1 aromatic carbocycles. The number of hydrogen-bond acceptors (Lipinski definition) is 3. The number of benzene rings is 1. The van der Waals surface area contributed by atoms with Crippen LogP contribution in [0.15, 0.2) is 42.5 Å². The molecule has 3 nitrogen and oxygen atoms in total. The fourth-order valence-electron chi connectivity index (χ4n) is 1.43. The van der Waals surface area contributed by atoms with Crippen molar-refractivity contribution in [3.8, 4) is 5.75 Å². The van der Waals surface area contributed by atoms with Crippen molar-refractivity contribution < 1.29 is 14.3 Å². The molecule has 0 radical (unpaired) electrons. The van der Waals surface area contributed by atoms with E-state index >= 15 is 0 Å². The molecule has 0 spiro atoms. The predicted molar refractivity (Wildman–Crippen MR) is 77.0 cm³/mol. The van der Waals surface area contributed by atoms with E-state index in [2.05, 4.69) is 6.58 Å². The Morgan fingerprint density at radius 3 is 2.47 bits per heavy atom. The topological polar surface area (TPSA) is 35.5 Å². The van der Waals surface area contributed by atoms with Crippen LogP contribution in [0.2, 0.25) is 0 Å². The van der Waals surface area contributed by atoms with Gasteiger partial charge in [-0.15, -0.1) is 0 Å². The average Bonchev–Trinajstić information content (AvgIpc) is 2.43. The number of carbonyl (C=O) groups is 1. The quantitative estimate of drug-likeness (QED) is 0.579. The van der Waals surface area contributed by atoms with E-state index in [1.165, 1.54) is 0 Å². The molecule has 1 unspecified atom stereocenters. The zero-order valence-corrected chi connectivity index (χ0v) is 11.7. The molecule has 0 aliphatic heterocycles. The molecule has 0 aliphatic carbocycles. The van der Waals surface area contributed by atoms with Crippen molar-refractivity contribution in [2.24, 2.45) is 0 Å². The summed E-state index contributed by atoms with van der Waals surface area (Å²) in [5.41, 5.74) is 1.45. The monoisotopic (exact) mass is 260 g/mol. The summed E-state index contributed by atoms with van der Waals surface area (Å²) in [4.78, 5) is 11.4. The highest BCUT2D eigenvalue weighted by atomic mass is 16.5. The SMILES string of the molecule is C=C(C)C(=O)OC(/C=C/c1ccc(OC)cc1)CC. The van der Waals surface area contributed by atoms with Gasteiger partial charge in [-0.05, 0) is 37.1 Å². The predicted octanol–water partition coefficient (Wildman–Crippen LogP) is 3.61. The van der Waals surface area contributed by atoms with Crippen LogP contribution in [0.3, 0.4) is 0 Å². The molecule has 1 atom stereocenters. The van der Waals surface area contributed by atoms with Gasteiger partial charge in [-0.1, -0.05) is 31.7 Å². The van der Waals surface area contributed by atoms with E-state index < -0.39 is 0 Å². The highest BCUT2D eigenvalue weighted by molar-refractivity contribution is 5.87. The number of hydrogen-bond donors (Lipinski definition) is 0. The molecule has 0 N–H and O–H groups in total. The van der Waals surface area contributed by atoms with Gasteiger partial charge in [0, 0.05) is 5.57 Å². The molecule has 19 heavy (non-hydrogen) atoms. The second kappa shape index (κ2) is 7.41. The smallest absolute Gasteiger partial charge is 0.333 e.